The van der Waals surface area contributed by atoms with E-state index in [-0.39, 0.29) is 22.5 Å². The largest absolute Gasteiger partial charge is 0.339 e. The average molecular weight is 498 g/mol. The van der Waals surface area contributed by atoms with Gasteiger partial charge in [0.05, 0.1) is 10.9 Å². The molecule has 1 fully saturated rings. The van der Waals surface area contributed by atoms with Crippen LogP contribution in [0.25, 0.3) is 16.7 Å². The maximum absolute atomic E-state index is 13.7. The van der Waals surface area contributed by atoms with Crippen molar-refractivity contribution in [2.24, 2.45) is 5.92 Å². The van der Waals surface area contributed by atoms with Gasteiger partial charge in [0.2, 0.25) is 0 Å². The lowest BCUT2D eigenvalue weighted by molar-refractivity contribution is 0.0687. The van der Waals surface area contributed by atoms with E-state index in [1.54, 1.807) is 21.2 Å². The SMILES string of the molecule is CCCCCn1c(=N)c(C(=O)N2CCC(Cc3ccccc3)CC2)cc2c(=O)n3cccc(C)c3nc21. The number of carbonyl (C=O) groups is 1. The number of unbranched alkanes of at least 4 members (excludes halogenated alkanes) is 2. The Labute approximate surface area is 216 Å². The molecule has 4 heterocycles. The van der Waals surface area contributed by atoms with Crippen LogP contribution in [0.1, 0.15) is 60.5 Å². The van der Waals surface area contributed by atoms with Crippen molar-refractivity contribution in [2.45, 2.75) is 58.9 Å². The molecule has 0 aliphatic carbocycles. The first-order valence-electron chi connectivity index (χ1n) is 13.4. The number of piperidine rings is 1. The summed E-state index contributed by atoms with van der Waals surface area (Å²) in [4.78, 5) is 33.9. The predicted octanol–water partition coefficient (Wildman–Crippen LogP) is 4.72. The molecule has 0 bridgehead atoms. The molecule has 3 aromatic heterocycles. The van der Waals surface area contributed by atoms with E-state index in [0.717, 1.165) is 44.1 Å². The molecule has 192 valence electrons. The molecule has 0 saturated carbocycles. The predicted molar refractivity (Wildman–Crippen MR) is 146 cm³/mol. The minimum atomic E-state index is -0.205. The first-order valence-corrected chi connectivity index (χ1v) is 13.4. The summed E-state index contributed by atoms with van der Waals surface area (Å²) < 4.78 is 3.31. The molecule has 1 amide bonds. The van der Waals surface area contributed by atoms with Gasteiger partial charge in [-0.15, -0.1) is 0 Å². The molecule has 1 aliphatic rings. The Bertz CT molecular complexity index is 1550. The number of nitrogens with one attached hydrogen (secondary N) is 1. The summed E-state index contributed by atoms with van der Waals surface area (Å²) in [6, 6.07) is 15.9. The number of benzene rings is 1. The number of amides is 1. The second-order valence-corrected chi connectivity index (χ2v) is 10.2. The van der Waals surface area contributed by atoms with Gasteiger partial charge in [0.25, 0.3) is 11.5 Å². The van der Waals surface area contributed by atoms with Gasteiger partial charge in [-0.05, 0) is 61.8 Å². The Morgan fingerprint density at radius 3 is 2.54 bits per heavy atom. The van der Waals surface area contributed by atoms with E-state index < -0.39 is 0 Å². The molecule has 1 aromatic carbocycles. The fraction of sp³-hybridized carbons (Fsp3) is 0.400. The van der Waals surface area contributed by atoms with Crippen molar-refractivity contribution in [1.29, 1.82) is 5.41 Å². The summed E-state index contributed by atoms with van der Waals surface area (Å²) in [7, 11) is 0. The molecule has 4 aromatic rings. The number of hydrogen-bond donors (Lipinski definition) is 1. The maximum atomic E-state index is 13.7. The van der Waals surface area contributed by atoms with E-state index in [2.05, 4.69) is 31.2 Å². The van der Waals surface area contributed by atoms with Crippen molar-refractivity contribution < 1.29 is 4.79 Å². The number of pyridine rings is 2. The van der Waals surface area contributed by atoms with Crippen LogP contribution in [-0.2, 0) is 13.0 Å². The fourth-order valence-corrected chi connectivity index (χ4v) is 5.46. The van der Waals surface area contributed by atoms with Gasteiger partial charge >= 0.3 is 0 Å². The number of fused-ring (bicyclic) bond motifs is 2. The van der Waals surface area contributed by atoms with Crippen LogP contribution in [0.5, 0.6) is 0 Å². The quantitative estimate of drug-likeness (QED) is 0.296. The third kappa shape index (κ3) is 4.95. The molecule has 0 unspecified atom stereocenters. The highest BCUT2D eigenvalue weighted by Gasteiger charge is 2.26. The van der Waals surface area contributed by atoms with Crippen molar-refractivity contribution in [1.82, 2.24) is 18.9 Å². The topological polar surface area (TPSA) is 83.5 Å². The molecule has 5 rings (SSSR count). The van der Waals surface area contributed by atoms with Crippen LogP contribution in [0.4, 0.5) is 0 Å². The minimum Gasteiger partial charge on any atom is -0.339 e. The van der Waals surface area contributed by atoms with Crippen LogP contribution < -0.4 is 11.0 Å². The molecule has 37 heavy (non-hydrogen) atoms. The molecule has 1 N–H and O–H groups in total. The van der Waals surface area contributed by atoms with Crippen molar-refractivity contribution in [3.8, 4) is 0 Å². The molecule has 1 saturated heterocycles. The zero-order valence-corrected chi connectivity index (χ0v) is 21.7. The lowest BCUT2D eigenvalue weighted by Gasteiger charge is -2.32. The van der Waals surface area contributed by atoms with Gasteiger partial charge < -0.3 is 9.47 Å². The first kappa shape index (κ1) is 24.9. The average Bonchev–Trinajstić information content (AvgIpc) is 2.91. The van der Waals surface area contributed by atoms with Gasteiger partial charge in [0.15, 0.2) is 0 Å². The summed E-state index contributed by atoms with van der Waals surface area (Å²) in [5.41, 5.74) is 3.53. The zero-order valence-electron chi connectivity index (χ0n) is 21.7. The van der Waals surface area contributed by atoms with E-state index in [4.69, 9.17) is 10.4 Å². The molecule has 7 nitrogen and oxygen atoms in total. The lowest BCUT2D eigenvalue weighted by Crippen LogP contribution is -2.42. The molecule has 0 atom stereocenters. The molecule has 0 spiro atoms. The third-order valence-corrected chi connectivity index (χ3v) is 7.62. The Morgan fingerprint density at radius 2 is 1.81 bits per heavy atom. The van der Waals surface area contributed by atoms with E-state index in [9.17, 15) is 9.59 Å². The highest BCUT2D eigenvalue weighted by Crippen LogP contribution is 2.23. The number of nitrogens with zero attached hydrogens (tertiary/aromatic N) is 4. The second-order valence-electron chi connectivity index (χ2n) is 10.2. The monoisotopic (exact) mass is 497 g/mol. The highest BCUT2D eigenvalue weighted by molar-refractivity contribution is 5.97. The van der Waals surface area contributed by atoms with Crippen molar-refractivity contribution in [2.75, 3.05) is 13.1 Å². The molecule has 0 radical (unpaired) electrons. The van der Waals surface area contributed by atoms with Gasteiger partial charge in [-0.1, -0.05) is 56.2 Å². The van der Waals surface area contributed by atoms with Crippen LogP contribution >= 0.6 is 0 Å². The van der Waals surface area contributed by atoms with Crippen molar-refractivity contribution in [3.05, 3.63) is 87.3 Å². The van der Waals surface area contributed by atoms with Crippen LogP contribution in [0, 0.1) is 18.3 Å². The van der Waals surface area contributed by atoms with Crippen LogP contribution in [-0.4, -0.2) is 37.8 Å². The third-order valence-electron chi connectivity index (χ3n) is 7.62. The number of likely N-dealkylation sites (tertiary alicyclic amines) is 1. The Kier molecular flexibility index (Phi) is 7.22. The van der Waals surface area contributed by atoms with Crippen LogP contribution in [0.3, 0.4) is 0 Å². The zero-order chi connectivity index (χ0) is 25.9. The van der Waals surface area contributed by atoms with Gasteiger partial charge in [0, 0.05) is 25.8 Å². The lowest BCUT2D eigenvalue weighted by atomic mass is 9.90. The van der Waals surface area contributed by atoms with Crippen LogP contribution in [0.2, 0.25) is 0 Å². The van der Waals surface area contributed by atoms with Crippen molar-refractivity contribution >= 4 is 22.6 Å². The Balaban J connectivity index is 1.49. The standard InChI is InChI=1S/C30H35N5O2/c1-3-4-8-15-34-26(31)24(20-25-28(34)32-27-21(2)10-9-16-35(27)30(25)37)29(36)33-17-13-23(14-18-33)19-22-11-6-5-7-12-22/h5-7,9-12,16,20,23,31H,3-4,8,13-15,17-19H2,1-2H3. The van der Waals surface area contributed by atoms with E-state index in [1.165, 1.54) is 5.56 Å². The summed E-state index contributed by atoms with van der Waals surface area (Å²) in [6.45, 7) is 5.94. The van der Waals surface area contributed by atoms with Crippen molar-refractivity contribution in [3.63, 3.8) is 0 Å². The molecular formula is C30H35N5O2. The summed E-state index contributed by atoms with van der Waals surface area (Å²) in [5, 5.41) is 9.39. The maximum Gasteiger partial charge on any atom is 0.267 e. The van der Waals surface area contributed by atoms with Gasteiger partial charge in [-0.3, -0.25) is 19.4 Å². The van der Waals surface area contributed by atoms with E-state index >= 15 is 0 Å². The number of carbonyl (C=O) groups excluding carboxylic acids is 1. The highest BCUT2D eigenvalue weighted by atomic mass is 16.2. The van der Waals surface area contributed by atoms with Crippen LogP contribution in [0.15, 0.2) is 59.5 Å². The van der Waals surface area contributed by atoms with E-state index in [0.29, 0.717) is 42.2 Å². The minimum absolute atomic E-state index is 0.143. The van der Waals surface area contributed by atoms with Gasteiger partial charge in [-0.2, -0.15) is 0 Å². The first-order chi connectivity index (χ1) is 18.0. The number of aromatic nitrogens is 3. The number of hydrogen-bond acceptors (Lipinski definition) is 4. The summed E-state index contributed by atoms with van der Waals surface area (Å²) >= 11 is 0. The van der Waals surface area contributed by atoms with Gasteiger partial charge in [0.1, 0.15) is 16.8 Å². The second kappa shape index (κ2) is 10.7. The van der Waals surface area contributed by atoms with Gasteiger partial charge in [-0.25, -0.2) is 4.98 Å². The summed E-state index contributed by atoms with van der Waals surface area (Å²) in [6.07, 6.45) is 7.52. The number of aryl methyl sites for hydroxylation is 2. The molecule has 7 heteroatoms. The fourth-order valence-electron chi connectivity index (χ4n) is 5.46. The smallest absolute Gasteiger partial charge is 0.267 e. The summed E-state index contributed by atoms with van der Waals surface area (Å²) in [5.74, 6) is 0.379. The number of rotatable bonds is 7. The molecular weight excluding hydrogens is 462 g/mol. The molecule has 1 aliphatic heterocycles. The normalized spacial score (nSPS) is 14.5. The van der Waals surface area contributed by atoms with E-state index in [1.807, 2.05) is 30.0 Å². The Morgan fingerprint density at radius 1 is 1.05 bits per heavy atom. The Hall–Kier alpha value is -3.74.